The number of rotatable bonds is 10. The van der Waals surface area contributed by atoms with Crippen LogP contribution in [-0.2, 0) is 9.53 Å². The number of nitrogens with one attached hydrogen (secondary N) is 1. The van der Waals surface area contributed by atoms with Crippen LogP contribution in [0.4, 0.5) is 0 Å². The SMILES string of the molecule is CCOC(=O)C(CCSC(C)CCO)NC(C)C. The summed E-state index contributed by atoms with van der Waals surface area (Å²) in [4.78, 5) is 11.7. The largest absolute Gasteiger partial charge is 0.465 e. The average Bonchev–Trinajstić information content (AvgIpc) is 2.28. The molecule has 0 aliphatic heterocycles. The lowest BCUT2D eigenvalue weighted by atomic mass is 10.2. The zero-order valence-corrected chi connectivity index (χ0v) is 12.8. The third-order valence-corrected chi connectivity index (χ3v) is 3.73. The predicted octanol–water partition coefficient (Wildman–Crippen LogP) is 1.81. The van der Waals surface area contributed by atoms with Gasteiger partial charge in [-0.1, -0.05) is 20.8 Å². The monoisotopic (exact) mass is 277 g/mol. The Morgan fingerprint density at radius 2 is 2.00 bits per heavy atom. The van der Waals surface area contributed by atoms with Gasteiger partial charge in [-0.05, 0) is 25.5 Å². The summed E-state index contributed by atoms with van der Waals surface area (Å²) in [6.07, 6.45) is 1.56. The lowest BCUT2D eigenvalue weighted by Crippen LogP contribution is -2.42. The number of esters is 1. The molecule has 0 aromatic rings. The van der Waals surface area contributed by atoms with Gasteiger partial charge in [-0.15, -0.1) is 0 Å². The van der Waals surface area contributed by atoms with E-state index in [0.29, 0.717) is 11.9 Å². The van der Waals surface area contributed by atoms with Crippen molar-refractivity contribution in [2.45, 2.75) is 57.9 Å². The highest BCUT2D eigenvalue weighted by Gasteiger charge is 2.20. The molecule has 2 N–H and O–H groups in total. The summed E-state index contributed by atoms with van der Waals surface area (Å²) < 4.78 is 5.06. The number of carbonyl (C=O) groups is 1. The lowest BCUT2D eigenvalue weighted by Gasteiger charge is -2.20. The summed E-state index contributed by atoms with van der Waals surface area (Å²) in [6.45, 7) is 8.60. The Morgan fingerprint density at radius 1 is 1.33 bits per heavy atom. The molecule has 0 aliphatic carbocycles. The molecule has 0 amide bonds. The minimum Gasteiger partial charge on any atom is -0.465 e. The van der Waals surface area contributed by atoms with E-state index in [4.69, 9.17) is 9.84 Å². The zero-order valence-electron chi connectivity index (χ0n) is 11.9. The van der Waals surface area contributed by atoms with E-state index < -0.39 is 0 Å². The second-order valence-corrected chi connectivity index (χ2v) is 6.15. The molecular weight excluding hydrogens is 250 g/mol. The number of aliphatic hydroxyl groups excluding tert-OH is 1. The van der Waals surface area contributed by atoms with Gasteiger partial charge >= 0.3 is 5.97 Å². The number of thioether (sulfide) groups is 1. The van der Waals surface area contributed by atoms with E-state index in [2.05, 4.69) is 12.2 Å². The highest BCUT2D eigenvalue weighted by atomic mass is 32.2. The first kappa shape index (κ1) is 17.7. The highest BCUT2D eigenvalue weighted by molar-refractivity contribution is 7.99. The van der Waals surface area contributed by atoms with Gasteiger partial charge in [0, 0.05) is 17.9 Å². The zero-order chi connectivity index (χ0) is 14.0. The Labute approximate surface area is 115 Å². The molecule has 108 valence electrons. The van der Waals surface area contributed by atoms with Gasteiger partial charge in [-0.3, -0.25) is 4.79 Å². The van der Waals surface area contributed by atoms with Gasteiger partial charge in [0.2, 0.25) is 0 Å². The summed E-state index contributed by atoms with van der Waals surface area (Å²) in [7, 11) is 0. The standard InChI is InChI=1S/C13H27NO3S/c1-5-17-13(16)12(14-10(2)3)7-9-18-11(4)6-8-15/h10-12,14-15H,5-9H2,1-4H3. The fourth-order valence-corrected chi connectivity index (χ4v) is 2.61. The maximum absolute atomic E-state index is 11.7. The van der Waals surface area contributed by atoms with Crippen molar-refractivity contribution in [3.63, 3.8) is 0 Å². The lowest BCUT2D eigenvalue weighted by molar-refractivity contribution is -0.145. The Hall–Kier alpha value is -0.260. The Bertz CT molecular complexity index is 224. The van der Waals surface area contributed by atoms with Crippen LogP contribution < -0.4 is 5.32 Å². The molecule has 0 saturated heterocycles. The van der Waals surface area contributed by atoms with Crippen molar-refractivity contribution in [2.24, 2.45) is 0 Å². The van der Waals surface area contributed by atoms with E-state index >= 15 is 0 Å². The minimum atomic E-state index is -0.223. The normalized spacial score (nSPS) is 14.6. The van der Waals surface area contributed by atoms with Crippen molar-refractivity contribution in [1.29, 1.82) is 0 Å². The van der Waals surface area contributed by atoms with Gasteiger partial charge in [0.25, 0.3) is 0 Å². The molecule has 0 aromatic heterocycles. The van der Waals surface area contributed by atoms with E-state index in [1.165, 1.54) is 0 Å². The smallest absolute Gasteiger partial charge is 0.323 e. The van der Waals surface area contributed by atoms with Crippen LogP contribution in [0.3, 0.4) is 0 Å². The van der Waals surface area contributed by atoms with Crippen molar-refractivity contribution < 1.29 is 14.6 Å². The van der Waals surface area contributed by atoms with Crippen LogP contribution in [0.15, 0.2) is 0 Å². The van der Waals surface area contributed by atoms with Crippen LogP contribution >= 0.6 is 11.8 Å². The van der Waals surface area contributed by atoms with Crippen molar-refractivity contribution in [3.05, 3.63) is 0 Å². The Balaban J connectivity index is 4.04. The first-order valence-corrected chi connectivity index (χ1v) is 7.71. The van der Waals surface area contributed by atoms with Gasteiger partial charge < -0.3 is 15.2 Å². The summed E-state index contributed by atoms with van der Waals surface area (Å²) in [5.74, 6) is 0.728. The molecule has 0 aliphatic rings. The molecule has 0 rings (SSSR count). The van der Waals surface area contributed by atoms with Gasteiger partial charge in [0.1, 0.15) is 6.04 Å². The average molecular weight is 277 g/mol. The van der Waals surface area contributed by atoms with Crippen LogP contribution in [0, 0.1) is 0 Å². The maximum atomic E-state index is 11.7. The van der Waals surface area contributed by atoms with E-state index in [0.717, 1.165) is 18.6 Å². The topological polar surface area (TPSA) is 58.6 Å². The number of hydrogen-bond acceptors (Lipinski definition) is 5. The van der Waals surface area contributed by atoms with Crippen LogP contribution in [0.2, 0.25) is 0 Å². The molecule has 0 bridgehead atoms. The molecule has 0 saturated carbocycles. The van der Waals surface area contributed by atoms with Crippen molar-refractivity contribution in [3.8, 4) is 0 Å². The second-order valence-electron chi connectivity index (χ2n) is 4.61. The first-order chi connectivity index (χ1) is 8.51. The molecule has 0 heterocycles. The number of hydrogen-bond donors (Lipinski definition) is 2. The third-order valence-electron chi connectivity index (χ3n) is 2.45. The Morgan fingerprint density at radius 3 is 2.50 bits per heavy atom. The molecule has 4 nitrogen and oxygen atoms in total. The fourth-order valence-electron chi connectivity index (χ4n) is 1.57. The van der Waals surface area contributed by atoms with Gasteiger partial charge in [0.05, 0.1) is 6.61 Å². The van der Waals surface area contributed by atoms with Crippen LogP contribution in [0.5, 0.6) is 0 Å². The predicted molar refractivity (Wildman–Crippen MR) is 76.9 cm³/mol. The van der Waals surface area contributed by atoms with Crippen LogP contribution in [-0.4, -0.2) is 47.4 Å². The van der Waals surface area contributed by atoms with Gasteiger partial charge in [-0.2, -0.15) is 11.8 Å². The molecule has 5 heteroatoms. The van der Waals surface area contributed by atoms with E-state index in [1.54, 1.807) is 11.8 Å². The molecule has 2 atom stereocenters. The molecule has 2 unspecified atom stereocenters. The second kappa shape index (κ2) is 10.6. The summed E-state index contributed by atoms with van der Waals surface area (Å²) in [5.41, 5.74) is 0. The Kier molecular flexibility index (Phi) is 10.5. The minimum absolute atomic E-state index is 0.165. The van der Waals surface area contributed by atoms with Crippen molar-refractivity contribution in [2.75, 3.05) is 19.0 Å². The fraction of sp³-hybridized carbons (Fsp3) is 0.923. The summed E-state index contributed by atoms with van der Waals surface area (Å²) >= 11 is 1.78. The van der Waals surface area contributed by atoms with Gasteiger partial charge in [-0.25, -0.2) is 0 Å². The summed E-state index contributed by atoms with van der Waals surface area (Å²) in [6, 6.07) is 0.0399. The molecule has 0 aromatic carbocycles. The van der Waals surface area contributed by atoms with Gasteiger partial charge in [0.15, 0.2) is 0 Å². The van der Waals surface area contributed by atoms with Crippen molar-refractivity contribution in [1.82, 2.24) is 5.32 Å². The highest BCUT2D eigenvalue weighted by Crippen LogP contribution is 2.16. The molecule has 0 radical (unpaired) electrons. The number of aliphatic hydroxyl groups is 1. The number of carbonyl (C=O) groups excluding carboxylic acids is 1. The van der Waals surface area contributed by atoms with E-state index in [1.807, 2.05) is 20.8 Å². The molecule has 0 fully saturated rings. The maximum Gasteiger partial charge on any atom is 0.323 e. The first-order valence-electron chi connectivity index (χ1n) is 6.66. The van der Waals surface area contributed by atoms with E-state index in [-0.39, 0.29) is 24.7 Å². The quantitative estimate of drug-likeness (QED) is 0.596. The van der Waals surface area contributed by atoms with E-state index in [9.17, 15) is 4.79 Å². The van der Waals surface area contributed by atoms with Crippen LogP contribution in [0.1, 0.15) is 40.5 Å². The van der Waals surface area contributed by atoms with Crippen molar-refractivity contribution >= 4 is 17.7 Å². The number of ether oxygens (including phenoxy) is 1. The molecular formula is C13H27NO3S. The van der Waals surface area contributed by atoms with Crippen LogP contribution in [0.25, 0.3) is 0 Å². The summed E-state index contributed by atoms with van der Waals surface area (Å²) in [5, 5.41) is 12.5. The third kappa shape index (κ3) is 8.78. The molecule has 0 spiro atoms. The molecule has 18 heavy (non-hydrogen) atoms.